The number of carbonyl (C=O) groups is 1. The van der Waals surface area contributed by atoms with Crippen molar-refractivity contribution in [1.82, 2.24) is 9.78 Å². The highest BCUT2D eigenvalue weighted by Gasteiger charge is 2.40. The van der Waals surface area contributed by atoms with Crippen LogP contribution < -0.4 is 0 Å². The van der Waals surface area contributed by atoms with Gasteiger partial charge < -0.3 is 4.74 Å². The van der Waals surface area contributed by atoms with E-state index < -0.39 is 0 Å². The standard InChI is InChI=1S/C22H23ClN2O2/c1-4-27-22(26)20-18-10-16-9-14(3)19(23)11-17(16)21(18)25(24-20)12-15-7-5-13(2)6-8-15/h5-9,11,16-17H,4,10,12H2,1-3H3. The minimum Gasteiger partial charge on any atom is -0.461 e. The molecule has 4 nitrogen and oxygen atoms in total. The fourth-order valence-corrected chi connectivity index (χ4v) is 4.26. The molecule has 0 amide bonds. The molecular formula is C22H23ClN2O2. The zero-order chi connectivity index (χ0) is 19.1. The van der Waals surface area contributed by atoms with Gasteiger partial charge in [-0.2, -0.15) is 5.10 Å². The van der Waals surface area contributed by atoms with Gasteiger partial charge in [0.1, 0.15) is 0 Å². The molecule has 1 aromatic carbocycles. The highest BCUT2D eigenvalue weighted by Crippen LogP contribution is 2.46. The summed E-state index contributed by atoms with van der Waals surface area (Å²) in [6, 6.07) is 8.40. The molecular weight excluding hydrogens is 360 g/mol. The Morgan fingerprint density at radius 3 is 2.70 bits per heavy atom. The van der Waals surface area contributed by atoms with Crippen LogP contribution in [0.4, 0.5) is 0 Å². The van der Waals surface area contributed by atoms with Crippen LogP contribution in [0.1, 0.15) is 52.6 Å². The summed E-state index contributed by atoms with van der Waals surface area (Å²) in [5.41, 5.74) is 6.01. The molecule has 0 fully saturated rings. The van der Waals surface area contributed by atoms with Gasteiger partial charge in [0.2, 0.25) is 0 Å². The number of fused-ring (bicyclic) bond motifs is 3. The van der Waals surface area contributed by atoms with Gasteiger partial charge in [0, 0.05) is 16.5 Å². The van der Waals surface area contributed by atoms with Gasteiger partial charge >= 0.3 is 5.97 Å². The van der Waals surface area contributed by atoms with Crippen LogP contribution in [0, 0.1) is 12.8 Å². The lowest BCUT2D eigenvalue weighted by Gasteiger charge is -2.22. The van der Waals surface area contributed by atoms with Crippen LogP contribution >= 0.6 is 11.6 Å². The van der Waals surface area contributed by atoms with Crippen LogP contribution in [0.5, 0.6) is 0 Å². The van der Waals surface area contributed by atoms with E-state index in [0.29, 0.717) is 24.8 Å². The second kappa shape index (κ2) is 7.01. The molecule has 2 aliphatic carbocycles. The summed E-state index contributed by atoms with van der Waals surface area (Å²) in [6.07, 6.45) is 5.12. The van der Waals surface area contributed by atoms with Crippen LogP contribution in [-0.2, 0) is 17.7 Å². The van der Waals surface area contributed by atoms with Gasteiger partial charge in [-0.3, -0.25) is 4.68 Å². The first-order valence-corrected chi connectivity index (χ1v) is 9.74. The van der Waals surface area contributed by atoms with E-state index >= 15 is 0 Å². The monoisotopic (exact) mass is 382 g/mol. The van der Waals surface area contributed by atoms with Crippen LogP contribution in [0.25, 0.3) is 0 Å². The quantitative estimate of drug-likeness (QED) is 0.716. The number of rotatable bonds is 4. The molecule has 5 heteroatoms. The second-order valence-electron chi connectivity index (χ2n) is 7.33. The summed E-state index contributed by atoms with van der Waals surface area (Å²) in [5, 5.41) is 5.43. The maximum absolute atomic E-state index is 12.5. The largest absolute Gasteiger partial charge is 0.461 e. The molecule has 2 aromatic rings. The number of aromatic nitrogens is 2. The van der Waals surface area contributed by atoms with E-state index in [1.165, 1.54) is 5.56 Å². The molecule has 140 valence electrons. The van der Waals surface area contributed by atoms with E-state index in [9.17, 15) is 4.79 Å². The van der Waals surface area contributed by atoms with Crippen LogP contribution in [0.2, 0.25) is 0 Å². The van der Waals surface area contributed by atoms with Gasteiger partial charge in [-0.25, -0.2) is 4.79 Å². The van der Waals surface area contributed by atoms with Crippen molar-refractivity contribution in [3.8, 4) is 0 Å². The molecule has 27 heavy (non-hydrogen) atoms. The number of allylic oxidation sites excluding steroid dienone is 4. The molecule has 0 aliphatic heterocycles. The molecule has 0 spiro atoms. The zero-order valence-corrected chi connectivity index (χ0v) is 16.6. The van der Waals surface area contributed by atoms with Crippen molar-refractivity contribution in [2.75, 3.05) is 6.61 Å². The summed E-state index contributed by atoms with van der Waals surface area (Å²) >= 11 is 6.42. The lowest BCUT2D eigenvalue weighted by Crippen LogP contribution is -2.16. The molecule has 2 aliphatic rings. The first-order valence-electron chi connectivity index (χ1n) is 9.36. The van der Waals surface area contributed by atoms with Gasteiger partial charge in [-0.15, -0.1) is 0 Å². The third-order valence-corrected chi connectivity index (χ3v) is 5.82. The van der Waals surface area contributed by atoms with Gasteiger partial charge in [-0.05, 0) is 44.2 Å². The van der Waals surface area contributed by atoms with E-state index in [-0.39, 0.29) is 11.9 Å². The average Bonchev–Trinajstić information content (AvgIpc) is 3.15. The minimum absolute atomic E-state index is 0.150. The van der Waals surface area contributed by atoms with Crippen molar-refractivity contribution in [3.63, 3.8) is 0 Å². The number of carbonyl (C=O) groups excluding carboxylic acids is 1. The Labute approximate surface area is 164 Å². The normalized spacial score (nSPS) is 20.6. The Bertz CT molecular complexity index is 953. The number of halogens is 1. The number of aryl methyl sites for hydroxylation is 1. The minimum atomic E-state index is -0.342. The van der Waals surface area contributed by atoms with Gasteiger partial charge in [0.25, 0.3) is 0 Å². The lowest BCUT2D eigenvalue weighted by atomic mass is 9.88. The molecule has 0 N–H and O–H groups in total. The van der Waals surface area contributed by atoms with E-state index in [2.05, 4.69) is 48.4 Å². The second-order valence-corrected chi connectivity index (χ2v) is 7.74. The fraction of sp³-hybridized carbons (Fsp3) is 0.364. The van der Waals surface area contributed by atoms with Crippen LogP contribution in [-0.4, -0.2) is 22.4 Å². The van der Waals surface area contributed by atoms with E-state index in [1.807, 2.05) is 18.5 Å². The molecule has 1 aromatic heterocycles. The summed E-state index contributed by atoms with van der Waals surface area (Å²) < 4.78 is 7.22. The Morgan fingerprint density at radius 2 is 2.00 bits per heavy atom. The molecule has 0 saturated carbocycles. The van der Waals surface area contributed by atoms with Crippen molar-refractivity contribution in [1.29, 1.82) is 0 Å². The summed E-state index contributed by atoms with van der Waals surface area (Å²) in [7, 11) is 0. The number of benzene rings is 1. The Morgan fingerprint density at radius 1 is 1.26 bits per heavy atom. The van der Waals surface area contributed by atoms with E-state index in [1.54, 1.807) is 0 Å². The molecule has 0 bridgehead atoms. The van der Waals surface area contributed by atoms with E-state index in [0.717, 1.165) is 33.8 Å². The number of hydrogen-bond donors (Lipinski definition) is 0. The number of esters is 1. The predicted octanol–water partition coefficient (Wildman–Crippen LogP) is 4.76. The topological polar surface area (TPSA) is 44.1 Å². The highest BCUT2D eigenvalue weighted by molar-refractivity contribution is 6.32. The predicted molar refractivity (Wildman–Crippen MR) is 106 cm³/mol. The Kier molecular flexibility index (Phi) is 4.68. The number of nitrogens with zero attached hydrogens (tertiary/aromatic N) is 2. The SMILES string of the molecule is CCOC(=O)c1nn(Cc2ccc(C)cc2)c2c1CC1C=C(C)C(Cl)=CC21. The zero-order valence-electron chi connectivity index (χ0n) is 15.8. The number of hydrogen-bond acceptors (Lipinski definition) is 3. The van der Waals surface area contributed by atoms with Gasteiger partial charge in [0.15, 0.2) is 5.69 Å². The van der Waals surface area contributed by atoms with Gasteiger partial charge in [-0.1, -0.05) is 53.6 Å². The van der Waals surface area contributed by atoms with Gasteiger partial charge in [0.05, 0.1) is 18.8 Å². The summed E-state index contributed by atoms with van der Waals surface area (Å²) in [6.45, 7) is 6.89. The smallest absolute Gasteiger partial charge is 0.359 e. The Balaban J connectivity index is 1.78. The molecule has 1 heterocycles. The van der Waals surface area contributed by atoms with Crippen LogP contribution in [0.15, 0.2) is 47.0 Å². The molecule has 2 atom stereocenters. The van der Waals surface area contributed by atoms with Crippen LogP contribution in [0.3, 0.4) is 0 Å². The molecule has 0 radical (unpaired) electrons. The third-order valence-electron chi connectivity index (χ3n) is 5.40. The highest BCUT2D eigenvalue weighted by atomic mass is 35.5. The maximum Gasteiger partial charge on any atom is 0.359 e. The number of ether oxygens (including phenoxy) is 1. The lowest BCUT2D eigenvalue weighted by molar-refractivity contribution is 0.0517. The average molecular weight is 383 g/mol. The first-order chi connectivity index (χ1) is 13.0. The Hall–Kier alpha value is -2.33. The van der Waals surface area contributed by atoms with Crippen molar-refractivity contribution in [2.24, 2.45) is 5.92 Å². The third kappa shape index (κ3) is 3.23. The summed E-state index contributed by atoms with van der Waals surface area (Å²) in [5.74, 6) is 0.126. The fourth-order valence-electron chi connectivity index (χ4n) is 4.06. The maximum atomic E-state index is 12.5. The van der Waals surface area contributed by atoms with Crippen molar-refractivity contribution in [2.45, 2.75) is 39.7 Å². The van der Waals surface area contributed by atoms with E-state index in [4.69, 9.17) is 16.3 Å². The molecule has 0 saturated heterocycles. The molecule has 4 rings (SSSR count). The molecule has 2 unspecified atom stereocenters. The van der Waals surface area contributed by atoms with Crippen molar-refractivity contribution >= 4 is 17.6 Å². The summed E-state index contributed by atoms with van der Waals surface area (Å²) in [4.78, 5) is 12.5. The van der Waals surface area contributed by atoms with Crippen molar-refractivity contribution in [3.05, 3.63) is 75.1 Å². The van der Waals surface area contributed by atoms with Crippen molar-refractivity contribution < 1.29 is 9.53 Å². The first kappa shape index (κ1) is 18.1.